The molecule has 6 nitrogen and oxygen atoms in total. The van der Waals surface area contributed by atoms with Gasteiger partial charge in [0.25, 0.3) is 11.1 Å². The van der Waals surface area contributed by atoms with Crippen molar-refractivity contribution in [3.8, 4) is 5.69 Å². The van der Waals surface area contributed by atoms with Crippen LogP contribution in [-0.2, 0) is 5.54 Å². The molecule has 0 aliphatic carbocycles. The Morgan fingerprint density at radius 3 is 2.06 bits per heavy atom. The van der Waals surface area contributed by atoms with Crippen molar-refractivity contribution in [1.29, 1.82) is 0 Å². The number of halogens is 9. The minimum absolute atomic E-state index is 0.0214. The van der Waals surface area contributed by atoms with Crippen LogP contribution in [0.1, 0.15) is 11.1 Å². The third kappa shape index (κ3) is 3.88. The summed E-state index contributed by atoms with van der Waals surface area (Å²) in [5.41, 5.74) is -11.2. The number of rotatable bonds is 2. The Morgan fingerprint density at radius 1 is 0.914 bits per heavy atom. The molecule has 0 saturated heterocycles. The van der Waals surface area contributed by atoms with Gasteiger partial charge in [-0.15, -0.1) is 0 Å². The molecule has 0 saturated carbocycles. The highest BCUT2D eigenvalue weighted by Gasteiger charge is 2.75. The predicted octanol–water partition coefficient (Wildman–Crippen LogP) is 5.16. The van der Waals surface area contributed by atoms with Crippen molar-refractivity contribution >= 4 is 34.9 Å². The standard InChI is InChI=1S/C20H9Cl2F7N4O2/c21-8-1-6-11(12(22)7-8)14-30-15-13(18(32-14,19(24,25)26)20(27,28)29)16(34)31-17(35)33(15)10-4-2-9(23)3-5-10/h1-7H,(H,30,32)(H,31,34,35). The van der Waals surface area contributed by atoms with Crippen LogP contribution in [0.3, 0.4) is 0 Å². The zero-order chi connectivity index (χ0) is 25.9. The van der Waals surface area contributed by atoms with Crippen LogP contribution in [0, 0.1) is 5.82 Å². The van der Waals surface area contributed by atoms with Crippen molar-refractivity contribution in [2.45, 2.75) is 17.9 Å². The van der Waals surface area contributed by atoms with Crippen molar-refractivity contribution in [1.82, 2.24) is 9.55 Å². The fourth-order valence-electron chi connectivity index (χ4n) is 3.57. The van der Waals surface area contributed by atoms with Gasteiger partial charge in [0.2, 0.25) is 0 Å². The van der Waals surface area contributed by atoms with Crippen LogP contribution >= 0.6 is 23.2 Å². The number of aromatic amines is 1. The number of hydrogen-bond donors (Lipinski definition) is 2. The van der Waals surface area contributed by atoms with Crippen molar-refractivity contribution in [3.63, 3.8) is 0 Å². The lowest BCUT2D eigenvalue weighted by Gasteiger charge is -2.38. The molecule has 1 aliphatic heterocycles. The first-order chi connectivity index (χ1) is 16.2. The quantitative estimate of drug-likeness (QED) is 0.440. The highest BCUT2D eigenvalue weighted by molar-refractivity contribution is 6.37. The topological polar surface area (TPSA) is 79.2 Å². The summed E-state index contributed by atoms with van der Waals surface area (Å²) in [5.74, 6) is -3.03. The maximum absolute atomic E-state index is 14.3. The molecule has 0 unspecified atom stereocenters. The number of benzene rings is 2. The molecule has 184 valence electrons. The average molecular weight is 541 g/mol. The normalized spacial score (nSPS) is 15.3. The van der Waals surface area contributed by atoms with Crippen LogP contribution in [0.5, 0.6) is 0 Å². The molecule has 1 aromatic heterocycles. The molecule has 2 heterocycles. The van der Waals surface area contributed by atoms with Crippen molar-refractivity contribution < 1.29 is 30.7 Å². The fourth-order valence-corrected chi connectivity index (χ4v) is 4.07. The van der Waals surface area contributed by atoms with Gasteiger partial charge in [-0.25, -0.2) is 18.7 Å². The van der Waals surface area contributed by atoms with Gasteiger partial charge in [0.05, 0.1) is 10.7 Å². The Balaban J connectivity index is 2.19. The third-order valence-electron chi connectivity index (χ3n) is 5.08. The van der Waals surface area contributed by atoms with Gasteiger partial charge >= 0.3 is 18.0 Å². The molecule has 0 atom stereocenters. The molecule has 1 aliphatic rings. The second-order valence-corrected chi connectivity index (χ2v) is 8.05. The molecule has 2 N–H and O–H groups in total. The molecule has 0 radical (unpaired) electrons. The molecule has 0 amide bonds. The number of H-pyrrole nitrogens is 1. The van der Waals surface area contributed by atoms with E-state index in [1.165, 1.54) is 4.98 Å². The lowest BCUT2D eigenvalue weighted by atomic mass is 9.87. The third-order valence-corrected chi connectivity index (χ3v) is 5.63. The lowest BCUT2D eigenvalue weighted by Crippen LogP contribution is -2.59. The largest absolute Gasteiger partial charge is 0.427 e. The number of alkyl halides is 6. The van der Waals surface area contributed by atoms with Gasteiger partial charge in [0.15, 0.2) is 0 Å². The lowest BCUT2D eigenvalue weighted by molar-refractivity contribution is -0.301. The van der Waals surface area contributed by atoms with E-state index in [1.54, 1.807) is 0 Å². The first-order valence-electron chi connectivity index (χ1n) is 9.29. The summed E-state index contributed by atoms with van der Waals surface area (Å²) in [4.78, 5) is 29.5. The number of anilines is 1. The molecular weight excluding hydrogens is 532 g/mol. The van der Waals surface area contributed by atoms with Crippen LogP contribution in [0.15, 0.2) is 57.0 Å². The van der Waals surface area contributed by atoms with Crippen molar-refractivity contribution in [2.24, 2.45) is 4.99 Å². The van der Waals surface area contributed by atoms with Gasteiger partial charge in [-0.2, -0.15) is 26.3 Å². The van der Waals surface area contributed by atoms with Crippen LogP contribution in [-0.4, -0.2) is 27.7 Å². The van der Waals surface area contributed by atoms with Gasteiger partial charge in [-0.05, 0) is 42.5 Å². The van der Waals surface area contributed by atoms with Crippen LogP contribution in [0.2, 0.25) is 10.0 Å². The summed E-state index contributed by atoms with van der Waals surface area (Å²) in [6.07, 6.45) is -12.4. The molecule has 0 fully saturated rings. The van der Waals surface area contributed by atoms with E-state index in [2.05, 4.69) is 10.3 Å². The second-order valence-electron chi connectivity index (χ2n) is 7.21. The van der Waals surface area contributed by atoms with E-state index in [9.17, 15) is 40.3 Å². The summed E-state index contributed by atoms with van der Waals surface area (Å²) < 4.78 is 99.5. The van der Waals surface area contributed by atoms with Crippen LogP contribution in [0.4, 0.5) is 36.6 Å². The summed E-state index contributed by atoms with van der Waals surface area (Å²) in [6.45, 7) is 0. The van der Waals surface area contributed by atoms with Gasteiger partial charge in [0.1, 0.15) is 23.0 Å². The average Bonchev–Trinajstić information content (AvgIpc) is 2.72. The number of nitrogens with zero attached hydrogens (tertiary/aromatic N) is 2. The van der Waals surface area contributed by atoms with Crippen molar-refractivity contribution in [3.05, 3.63) is 90.3 Å². The number of aromatic nitrogens is 2. The SMILES string of the molecule is O=c1[nH]c(=O)n(-c2ccc(F)cc2)c2c1C(C(F)(F)F)(C(F)(F)F)N=C(c1ccc(Cl)cc1Cl)N2. The minimum Gasteiger partial charge on any atom is -0.325 e. The smallest absolute Gasteiger partial charge is 0.325 e. The highest BCUT2D eigenvalue weighted by atomic mass is 35.5. The van der Waals surface area contributed by atoms with E-state index in [0.717, 1.165) is 42.5 Å². The van der Waals surface area contributed by atoms with Gasteiger partial charge in [-0.1, -0.05) is 23.2 Å². The molecular formula is C20H9Cl2F7N4O2. The molecule has 0 bridgehead atoms. The minimum atomic E-state index is -6.20. The Labute approximate surface area is 199 Å². The Hall–Kier alpha value is -3.32. The summed E-state index contributed by atoms with van der Waals surface area (Å²) in [5, 5.41) is 1.86. The summed E-state index contributed by atoms with van der Waals surface area (Å²) in [7, 11) is 0. The maximum Gasteiger partial charge on any atom is 0.427 e. The molecule has 0 spiro atoms. The van der Waals surface area contributed by atoms with Gasteiger partial charge in [0, 0.05) is 10.6 Å². The van der Waals surface area contributed by atoms with E-state index < -0.39 is 57.7 Å². The van der Waals surface area contributed by atoms with E-state index in [-0.39, 0.29) is 15.7 Å². The van der Waals surface area contributed by atoms with Crippen LogP contribution < -0.4 is 16.6 Å². The number of amidine groups is 1. The summed E-state index contributed by atoms with van der Waals surface area (Å²) in [6, 6.07) is 6.65. The van der Waals surface area contributed by atoms with E-state index >= 15 is 0 Å². The van der Waals surface area contributed by atoms with Crippen molar-refractivity contribution in [2.75, 3.05) is 5.32 Å². The predicted molar refractivity (Wildman–Crippen MR) is 113 cm³/mol. The Bertz CT molecular complexity index is 1460. The highest BCUT2D eigenvalue weighted by Crippen LogP contribution is 2.55. The molecule has 3 aromatic rings. The van der Waals surface area contributed by atoms with Crippen LogP contribution in [0.25, 0.3) is 5.69 Å². The Morgan fingerprint density at radius 2 is 1.51 bits per heavy atom. The van der Waals surface area contributed by atoms with E-state index in [4.69, 9.17) is 23.2 Å². The number of hydrogen-bond acceptors (Lipinski definition) is 4. The zero-order valence-electron chi connectivity index (χ0n) is 16.7. The first-order valence-corrected chi connectivity index (χ1v) is 10.0. The van der Waals surface area contributed by atoms with Gasteiger partial charge < -0.3 is 5.32 Å². The number of nitrogens with one attached hydrogen (secondary N) is 2. The summed E-state index contributed by atoms with van der Waals surface area (Å²) >= 11 is 11.8. The van der Waals surface area contributed by atoms with E-state index in [1.807, 2.05) is 0 Å². The number of aliphatic imine (C=N–C) groups is 1. The van der Waals surface area contributed by atoms with E-state index in [0.29, 0.717) is 4.57 Å². The Kier molecular flexibility index (Phi) is 5.75. The monoisotopic (exact) mass is 540 g/mol. The fraction of sp³-hybridized carbons (Fsp3) is 0.150. The molecule has 2 aromatic carbocycles. The first kappa shape index (κ1) is 24.8. The maximum atomic E-state index is 14.3. The molecule has 15 heteroatoms. The molecule has 35 heavy (non-hydrogen) atoms. The number of fused-ring (bicyclic) bond motifs is 1. The zero-order valence-corrected chi connectivity index (χ0v) is 18.2. The second kappa shape index (κ2) is 8.12. The van der Waals surface area contributed by atoms with Gasteiger partial charge in [-0.3, -0.25) is 9.78 Å². The molecule has 4 rings (SSSR count).